The molecule has 26 heavy (non-hydrogen) atoms. The van der Waals surface area contributed by atoms with Crippen LogP contribution in [-0.2, 0) is 0 Å². The quantitative estimate of drug-likeness (QED) is 0.432. The Labute approximate surface area is 149 Å². The third kappa shape index (κ3) is 2.80. The molecule has 0 radical (unpaired) electrons. The largest absolute Gasteiger partial charge is 0.433 e. The second-order valence-electron chi connectivity index (χ2n) is 5.28. The van der Waals surface area contributed by atoms with Gasteiger partial charge in [-0.15, -0.1) is 10.2 Å². The predicted octanol–water partition coefficient (Wildman–Crippen LogP) is 2.91. The maximum absolute atomic E-state index is 12.2. The first-order valence-electron chi connectivity index (χ1n) is 7.36. The summed E-state index contributed by atoms with van der Waals surface area (Å²) in [4.78, 5) is 22.8. The van der Waals surface area contributed by atoms with Gasteiger partial charge in [-0.25, -0.2) is 0 Å². The van der Waals surface area contributed by atoms with Crippen LogP contribution in [0, 0.1) is 17.0 Å². The Morgan fingerprint density at radius 3 is 2.88 bits per heavy atom. The molecule has 4 aromatic rings. The highest BCUT2D eigenvalue weighted by Crippen LogP contribution is 2.27. The molecule has 130 valence electrons. The lowest BCUT2D eigenvalue weighted by Crippen LogP contribution is -2.10. The van der Waals surface area contributed by atoms with E-state index in [2.05, 4.69) is 20.6 Å². The molecule has 1 N–H and O–H groups in total. The summed E-state index contributed by atoms with van der Waals surface area (Å²) in [5.41, 5.74) is 1.30. The fraction of sp³-hybridized carbons (Fsp3) is 0.0667. The maximum atomic E-state index is 12.2. The average Bonchev–Trinajstić information content (AvgIpc) is 3.32. The van der Waals surface area contributed by atoms with Gasteiger partial charge in [0.25, 0.3) is 5.91 Å². The first kappa shape index (κ1) is 15.9. The molecule has 3 heterocycles. The van der Waals surface area contributed by atoms with Gasteiger partial charge in [0.2, 0.25) is 4.96 Å². The van der Waals surface area contributed by atoms with E-state index in [-0.39, 0.29) is 5.76 Å². The number of hydrogen-bond donors (Lipinski definition) is 1. The van der Waals surface area contributed by atoms with Crippen molar-refractivity contribution in [3.63, 3.8) is 0 Å². The number of rotatable bonds is 4. The summed E-state index contributed by atoms with van der Waals surface area (Å²) < 4.78 is 6.54. The predicted molar refractivity (Wildman–Crippen MR) is 92.1 cm³/mol. The Morgan fingerprint density at radius 1 is 1.31 bits per heavy atom. The van der Waals surface area contributed by atoms with Gasteiger partial charge < -0.3 is 9.73 Å². The van der Waals surface area contributed by atoms with Crippen molar-refractivity contribution in [1.29, 1.82) is 0 Å². The molecular weight excluding hydrogens is 360 g/mol. The number of aromatic nitrogens is 4. The Balaban J connectivity index is 1.58. The molecule has 0 aliphatic rings. The van der Waals surface area contributed by atoms with Gasteiger partial charge in [0.05, 0.1) is 6.07 Å². The SMILES string of the molecule is Cc1nnc2sc(-c3cccc(NC(=O)c4ccc([N+](=O)[O-])o4)c3)nn12. The van der Waals surface area contributed by atoms with Crippen molar-refractivity contribution in [2.24, 2.45) is 0 Å². The molecule has 11 heteroatoms. The van der Waals surface area contributed by atoms with Crippen LogP contribution in [0.3, 0.4) is 0 Å². The van der Waals surface area contributed by atoms with E-state index in [4.69, 9.17) is 4.42 Å². The molecule has 0 saturated carbocycles. The van der Waals surface area contributed by atoms with E-state index < -0.39 is 16.7 Å². The summed E-state index contributed by atoms with van der Waals surface area (Å²) >= 11 is 1.37. The van der Waals surface area contributed by atoms with E-state index in [1.807, 2.05) is 13.0 Å². The lowest BCUT2D eigenvalue weighted by atomic mass is 10.2. The van der Waals surface area contributed by atoms with Gasteiger partial charge in [-0.3, -0.25) is 14.9 Å². The highest BCUT2D eigenvalue weighted by molar-refractivity contribution is 7.19. The van der Waals surface area contributed by atoms with E-state index in [0.29, 0.717) is 16.5 Å². The van der Waals surface area contributed by atoms with Crippen molar-refractivity contribution in [3.8, 4) is 10.6 Å². The van der Waals surface area contributed by atoms with Crippen molar-refractivity contribution in [2.45, 2.75) is 6.92 Å². The van der Waals surface area contributed by atoms with Crippen molar-refractivity contribution < 1.29 is 14.1 Å². The summed E-state index contributed by atoms with van der Waals surface area (Å²) in [6.07, 6.45) is 0. The smallest absolute Gasteiger partial charge is 0.395 e. The van der Waals surface area contributed by atoms with E-state index in [0.717, 1.165) is 16.6 Å². The van der Waals surface area contributed by atoms with Gasteiger partial charge in [0, 0.05) is 11.3 Å². The number of fused-ring (bicyclic) bond motifs is 1. The average molecular weight is 370 g/mol. The molecule has 0 unspecified atom stereocenters. The minimum Gasteiger partial charge on any atom is -0.395 e. The van der Waals surface area contributed by atoms with Gasteiger partial charge in [0.15, 0.2) is 11.6 Å². The van der Waals surface area contributed by atoms with Gasteiger partial charge >= 0.3 is 5.88 Å². The molecular formula is C15H10N6O4S. The van der Waals surface area contributed by atoms with Gasteiger partial charge in [-0.05, 0) is 25.1 Å². The van der Waals surface area contributed by atoms with Crippen LogP contribution in [0.15, 0.2) is 40.8 Å². The topological polar surface area (TPSA) is 128 Å². The van der Waals surface area contributed by atoms with Crippen LogP contribution < -0.4 is 5.32 Å². The molecule has 10 nitrogen and oxygen atoms in total. The summed E-state index contributed by atoms with van der Waals surface area (Å²) in [6, 6.07) is 9.45. The third-order valence-corrected chi connectivity index (χ3v) is 4.46. The van der Waals surface area contributed by atoms with Crippen molar-refractivity contribution in [2.75, 3.05) is 5.32 Å². The van der Waals surface area contributed by atoms with Crippen LogP contribution in [0.4, 0.5) is 11.6 Å². The van der Waals surface area contributed by atoms with Crippen molar-refractivity contribution >= 4 is 33.8 Å². The second kappa shape index (κ2) is 6.04. The summed E-state index contributed by atoms with van der Waals surface area (Å²) in [5.74, 6) is -0.522. The zero-order valence-corrected chi connectivity index (χ0v) is 14.1. The zero-order valence-electron chi connectivity index (χ0n) is 13.2. The molecule has 0 aliphatic carbocycles. The molecule has 1 amide bonds. The van der Waals surface area contributed by atoms with Crippen LogP contribution in [0.25, 0.3) is 15.5 Å². The van der Waals surface area contributed by atoms with Gasteiger partial charge in [-0.2, -0.15) is 9.61 Å². The number of furan rings is 1. The maximum Gasteiger partial charge on any atom is 0.433 e. The van der Waals surface area contributed by atoms with Gasteiger partial charge in [-0.1, -0.05) is 23.5 Å². The number of anilines is 1. The van der Waals surface area contributed by atoms with Crippen molar-refractivity contribution in [3.05, 3.63) is 58.1 Å². The van der Waals surface area contributed by atoms with Crippen molar-refractivity contribution in [1.82, 2.24) is 19.8 Å². The summed E-state index contributed by atoms with van der Waals surface area (Å²) in [6.45, 7) is 1.81. The highest BCUT2D eigenvalue weighted by Gasteiger charge is 2.18. The lowest BCUT2D eigenvalue weighted by molar-refractivity contribution is -0.402. The molecule has 4 rings (SSSR count). The molecule has 0 fully saturated rings. The molecule has 1 aromatic carbocycles. The number of nitro groups is 1. The molecule has 3 aromatic heterocycles. The fourth-order valence-corrected chi connectivity index (χ4v) is 3.18. The fourth-order valence-electron chi connectivity index (χ4n) is 2.30. The molecule has 0 aliphatic heterocycles. The Hall–Kier alpha value is -3.60. The standard InChI is InChI=1S/C15H10N6O4S/c1-8-17-18-15-20(8)19-14(26-15)9-3-2-4-10(7-9)16-13(22)11-5-6-12(25-11)21(23)24/h2-7H,1H3,(H,16,22). The van der Waals surface area contributed by atoms with E-state index in [1.165, 1.54) is 17.4 Å². The van der Waals surface area contributed by atoms with E-state index in [1.54, 1.807) is 22.7 Å². The monoisotopic (exact) mass is 370 g/mol. The normalized spacial score (nSPS) is 11.0. The first-order valence-corrected chi connectivity index (χ1v) is 8.18. The Bertz CT molecular complexity index is 1140. The zero-order chi connectivity index (χ0) is 18.3. The Morgan fingerprint density at radius 2 is 2.15 bits per heavy atom. The first-order chi connectivity index (χ1) is 12.5. The van der Waals surface area contributed by atoms with Crippen LogP contribution in [0.1, 0.15) is 16.4 Å². The second-order valence-corrected chi connectivity index (χ2v) is 6.23. The Kier molecular flexibility index (Phi) is 3.69. The van der Waals surface area contributed by atoms with E-state index in [9.17, 15) is 14.9 Å². The number of nitrogens with one attached hydrogen (secondary N) is 1. The number of aryl methyl sites for hydroxylation is 1. The minimum absolute atomic E-state index is 0.142. The number of carbonyl (C=O) groups is 1. The van der Waals surface area contributed by atoms with Crippen LogP contribution in [0.5, 0.6) is 0 Å². The lowest BCUT2D eigenvalue weighted by Gasteiger charge is -2.04. The number of amides is 1. The number of carbonyl (C=O) groups excluding carboxylic acids is 1. The number of benzene rings is 1. The number of nitrogens with zero attached hydrogens (tertiary/aromatic N) is 5. The summed E-state index contributed by atoms with van der Waals surface area (Å²) in [5, 5.41) is 26.4. The highest BCUT2D eigenvalue weighted by atomic mass is 32.1. The van der Waals surface area contributed by atoms with Crippen LogP contribution in [-0.4, -0.2) is 30.6 Å². The minimum atomic E-state index is -0.701. The van der Waals surface area contributed by atoms with Crippen LogP contribution >= 0.6 is 11.3 Å². The van der Waals surface area contributed by atoms with E-state index >= 15 is 0 Å². The molecule has 0 spiro atoms. The third-order valence-electron chi connectivity index (χ3n) is 3.51. The molecule has 0 bridgehead atoms. The molecule has 0 atom stereocenters. The summed E-state index contributed by atoms with van der Waals surface area (Å²) in [7, 11) is 0. The molecule has 0 saturated heterocycles. The van der Waals surface area contributed by atoms with Crippen LogP contribution in [0.2, 0.25) is 0 Å². The van der Waals surface area contributed by atoms with Gasteiger partial charge in [0.1, 0.15) is 9.93 Å². The number of hydrogen-bond acceptors (Lipinski definition) is 8.